The van der Waals surface area contributed by atoms with Gasteiger partial charge < -0.3 is 5.32 Å². The van der Waals surface area contributed by atoms with Crippen molar-refractivity contribution in [3.8, 4) is 0 Å². The molecule has 1 aromatic heterocycles. The summed E-state index contributed by atoms with van der Waals surface area (Å²) >= 11 is 2.37. The summed E-state index contributed by atoms with van der Waals surface area (Å²) in [5, 5.41) is 4.80. The molecule has 1 saturated heterocycles. The molecule has 0 radical (unpaired) electrons. The first-order valence-corrected chi connectivity index (χ1v) is 10.5. The van der Waals surface area contributed by atoms with Crippen molar-refractivity contribution in [3.63, 3.8) is 0 Å². The molecule has 10 heteroatoms. The average molecular weight is 395 g/mol. The molecular weight excluding hydrogens is 382 g/mol. The van der Waals surface area contributed by atoms with Gasteiger partial charge in [0, 0.05) is 0 Å². The average Bonchev–Trinajstić information content (AvgIpc) is 3.21. The van der Waals surface area contributed by atoms with Crippen LogP contribution in [0.1, 0.15) is 5.56 Å². The lowest BCUT2D eigenvalue weighted by Crippen LogP contribution is -2.31. The normalized spacial score (nSPS) is 16.0. The van der Waals surface area contributed by atoms with Crippen LogP contribution in [0.5, 0.6) is 0 Å². The number of benzene rings is 1. The molecular formula is C15H13N3O4S3. The van der Waals surface area contributed by atoms with Crippen LogP contribution >= 0.6 is 23.1 Å². The fourth-order valence-corrected chi connectivity index (χ4v) is 4.70. The number of aliphatic imine (C=N–C) groups is 1. The number of thioether (sulfide) groups is 1. The monoisotopic (exact) mass is 395 g/mol. The van der Waals surface area contributed by atoms with Crippen LogP contribution < -0.4 is 10.0 Å². The third-order valence-electron chi connectivity index (χ3n) is 3.13. The standard InChI is InChI=1S/C15H13N3O4S3/c19-12(18-25(21,22)14-2-1-7-23-14)8-10-3-5-11(6-4-10)16-15-17-13(20)9-24-15/h1-7H,8-9H2,(H,18,19)(H,16,17,20). The Morgan fingerprint density at radius 3 is 2.60 bits per heavy atom. The summed E-state index contributed by atoms with van der Waals surface area (Å²) in [5.74, 6) is -0.328. The number of hydrogen-bond donors (Lipinski definition) is 2. The Bertz CT molecular complexity index is 919. The van der Waals surface area contributed by atoms with E-state index in [-0.39, 0.29) is 16.5 Å². The highest BCUT2D eigenvalue weighted by Crippen LogP contribution is 2.19. The van der Waals surface area contributed by atoms with Crippen LogP contribution in [-0.4, -0.2) is 31.2 Å². The maximum Gasteiger partial charge on any atom is 0.273 e. The van der Waals surface area contributed by atoms with Gasteiger partial charge in [0.1, 0.15) is 4.21 Å². The van der Waals surface area contributed by atoms with Crippen molar-refractivity contribution in [2.45, 2.75) is 10.6 Å². The van der Waals surface area contributed by atoms with Gasteiger partial charge in [-0.05, 0) is 29.1 Å². The summed E-state index contributed by atoms with van der Waals surface area (Å²) in [4.78, 5) is 27.3. The fourth-order valence-electron chi connectivity index (χ4n) is 2.03. The van der Waals surface area contributed by atoms with Gasteiger partial charge in [-0.2, -0.15) is 0 Å². The molecule has 0 unspecified atom stereocenters. The Kier molecular flexibility index (Phi) is 5.21. The minimum atomic E-state index is -3.81. The van der Waals surface area contributed by atoms with Gasteiger partial charge in [0.15, 0.2) is 5.17 Å². The van der Waals surface area contributed by atoms with Gasteiger partial charge >= 0.3 is 0 Å². The molecule has 25 heavy (non-hydrogen) atoms. The first kappa shape index (κ1) is 17.6. The van der Waals surface area contributed by atoms with Gasteiger partial charge in [0.05, 0.1) is 17.9 Å². The molecule has 2 amide bonds. The lowest BCUT2D eigenvalue weighted by atomic mass is 10.1. The summed E-state index contributed by atoms with van der Waals surface area (Å²) in [5.41, 5.74) is 1.30. The van der Waals surface area contributed by atoms with Crippen LogP contribution in [0.4, 0.5) is 5.69 Å². The van der Waals surface area contributed by atoms with E-state index in [1.165, 1.54) is 17.8 Å². The van der Waals surface area contributed by atoms with Crippen molar-refractivity contribution < 1.29 is 18.0 Å². The zero-order chi connectivity index (χ0) is 17.9. The molecule has 130 valence electrons. The molecule has 2 N–H and O–H groups in total. The summed E-state index contributed by atoms with van der Waals surface area (Å²) in [7, 11) is -3.81. The van der Waals surface area contributed by atoms with Crippen molar-refractivity contribution in [1.82, 2.24) is 10.0 Å². The van der Waals surface area contributed by atoms with Gasteiger partial charge in [0.2, 0.25) is 11.8 Å². The largest absolute Gasteiger partial charge is 0.304 e. The van der Waals surface area contributed by atoms with E-state index in [2.05, 4.69) is 15.0 Å². The first-order chi connectivity index (χ1) is 11.9. The van der Waals surface area contributed by atoms with Gasteiger partial charge in [0.25, 0.3) is 10.0 Å². The van der Waals surface area contributed by atoms with Crippen molar-refractivity contribution in [1.29, 1.82) is 0 Å². The number of nitrogens with zero attached hydrogens (tertiary/aromatic N) is 1. The van der Waals surface area contributed by atoms with Gasteiger partial charge in [-0.3, -0.25) is 9.59 Å². The topological polar surface area (TPSA) is 105 Å². The van der Waals surface area contributed by atoms with Crippen LogP contribution in [0.2, 0.25) is 0 Å². The quantitative estimate of drug-likeness (QED) is 0.801. The summed E-state index contributed by atoms with van der Waals surface area (Å²) in [6, 6.07) is 9.84. The minimum Gasteiger partial charge on any atom is -0.304 e. The highest BCUT2D eigenvalue weighted by atomic mass is 32.2. The molecule has 1 aliphatic rings. The SMILES string of the molecule is O=C1CSC(=Nc2ccc(CC(=O)NS(=O)(=O)c3cccs3)cc2)N1. The molecule has 0 spiro atoms. The Morgan fingerprint density at radius 1 is 1.24 bits per heavy atom. The fraction of sp³-hybridized carbons (Fsp3) is 0.133. The molecule has 3 rings (SSSR count). The molecule has 0 atom stereocenters. The Morgan fingerprint density at radius 2 is 2.00 bits per heavy atom. The van der Waals surface area contributed by atoms with Crippen molar-refractivity contribution >= 4 is 55.8 Å². The van der Waals surface area contributed by atoms with E-state index >= 15 is 0 Å². The maximum absolute atomic E-state index is 12.0. The molecule has 1 aliphatic heterocycles. The molecule has 0 saturated carbocycles. The second kappa shape index (κ2) is 7.38. The molecule has 2 aromatic rings. The minimum absolute atomic E-state index is 0.0626. The van der Waals surface area contributed by atoms with Gasteiger partial charge in [-0.1, -0.05) is 30.0 Å². The van der Waals surface area contributed by atoms with Gasteiger partial charge in [-0.25, -0.2) is 18.1 Å². The second-order valence-electron chi connectivity index (χ2n) is 5.06. The van der Waals surface area contributed by atoms with E-state index < -0.39 is 15.9 Å². The number of amides is 2. The van der Waals surface area contributed by atoms with Crippen molar-refractivity contribution in [2.75, 3.05) is 5.75 Å². The summed E-state index contributed by atoms with van der Waals surface area (Å²) < 4.78 is 26.1. The van der Waals surface area contributed by atoms with Crippen LogP contribution in [0, 0.1) is 0 Å². The van der Waals surface area contributed by atoms with Crippen LogP contribution in [0.3, 0.4) is 0 Å². The maximum atomic E-state index is 12.0. The lowest BCUT2D eigenvalue weighted by Gasteiger charge is -2.05. The zero-order valence-electron chi connectivity index (χ0n) is 12.8. The third-order valence-corrected chi connectivity index (χ3v) is 6.77. The highest BCUT2D eigenvalue weighted by molar-refractivity contribution is 8.15. The predicted octanol–water partition coefficient (Wildman–Crippen LogP) is 1.65. The number of carbonyl (C=O) groups excluding carboxylic acids is 2. The van der Waals surface area contributed by atoms with E-state index in [0.29, 0.717) is 22.2 Å². The lowest BCUT2D eigenvalue weighted by molar-refractivity contribution is -0.119. The van der Waals surface area contributed by atoms with Crippen molar-refractivity contribution in [3.05, 3.63) is 47.3 Å². The van der Waals surface area contributed by atoms with Crippen LogP contribution in [0.15, 0.2) is 51.0 Å². The van der Waals surface area contributed by atoms with Crippen LogP contribution in [-0.2, 0) is 26.0 Å². The highest BCUT2D eigenvalue weighted by Gasteiger charge is 2.19. The number of carbonyl (C=O) groups is 2. The Hall–Kier alpha value is -2.17. The van der Waals surface area contributed by atoms with E-state index in [0.717, 1.165) is 11.3 Å². The molecule has 0 bridgehead atoms. The summed E-state index contributed by atoms with van der Waals surface area (Å²) in [6.45, 7) is 0. The van der Waals surface area contributed by atoms with E-state index in [9.17, 15) is 18.0 Å². The first-order valence-electron chi connectivity index (χ1n) is 7.12. The number of nitrogens with one attached hydrogen (secondary N) is 2. The van der Waals surface area contributed by atoms with E-state index in [1.54, 1.807) is 35.7 Å². The zero-order valence-corrected chi connectivity index (χ0v) is 15.2. The number of thiophene rings is 1. The number of amidine groups is 1. The van der Waals surface area contributed by atoms with E-state index in [4.69, 9.17) is 0 Å². The molecule has 2 heterocycles. The summed E-state index contributed by atoms with van der Waals surface area (Å²) in [6.07, 6.45) is -0.0626. The van der Waals surface area contributed by atoms with Crippen LogP contribution in [0.25, 0.3) is 0 Å². The molecule has 1 fully saturated rings. The molecule has 1 aromatic carbocycles. The Balaban J connectivity index is 1.61. The third kappa shape index (κ3) is 4.68. The predicted molar refractivity (Wildman–Crippen MR) is 97.5 cm³/mol. The Labute approximate surface area is 152 Å². The van der Waals surface area contributed by atoms with E-state index in [1.807, 2.05) is 0 Å². The van der Waals surface area contributed by atoms with Gasteiger partial charge in [-0.15, -0.1) is 11.3 Å². The molecule has 7 nitrogen and oxygen atoms in total. The number of sulfonamides is 1. The number of rotatable bonds is 5. The molecule has 0 aliphatic carbocycles. The van der Waals surface area contributed by atoms with Crippen molar-refractivity contribution in [2.24, 2.45) is 4.99 Å². The number of hydrogen-bond acceptors (Lipinski definition) is 7. The second-order valence-corrected chi connectivity index (χ2v) is 8.88. The smallest absolute Gasteiger partial charge is 0.273 e.